The number of thioether (sulfide) groups is 1. The number of aromatic nitrogens is 3. The molecule has 3 aromatic rings. The van der Waals surface area contributed by atoms with E-state index in [0.29, 0.717) is 28.3 Å². The number of carbonyl (C=O) groups is 1. The van der Waals surface area contributed by atoms with Gasteiger partial charge < -0.3 is 14.8 Å². The summed E-state index contributed by atoms with van der Waals surface area (Å²) in [6, 6.07) is 15.0. The molecular weight excluding hydrogens is 436 g/mol. The van der Waals surface area contributed by atoms with E-state index < -0.39 is 0 Å². The molecule has 1 aromatic heterocycles. The summed E-state index contributed by atoms with van der Waals surface area (Å²) in [5, 5.41) is 13.0. The molecule has 0 spiro atoms. The number of rotatable bonds is 8. The van der Waals surface area contributed by atoms with E-state index in [0.717, 1.165) is 30.7 Å². The molecule has 1 amide bonds. The second-order valence-electron chi connectivity index (χ2n) is 7.05. The van der Waals surface area contributed by atoms with Crippen molar-refractivity contribution < 1.29 is 14.3 Å². The highest BCUT2D eigenvalue weighted by atomic mass is 35.5. The lowest BCUT2D eigenvalue weighted by Crippen LogP contribution is -2.32. The Balaban J connectivity index is 1.58. The van der Waals surface area contributed by atoms with E-state index >= 15 is 0 Å². The maximum atomic E-state index is 12.4. The lowest BCUT2D eigenvalue weighted by molar-refractivity contribution is -0.119. The number of methoxy groups -OCH3 is 1. The number of halogens is 1. The van der Waals surface area contributed by atoms with Crippen molar-refractivity contribution in [3.8, 4) is 22.8 Å². The van der Waals surface area contributed by atoms with Gasteiger partial charge in [0.1, 0.15) is 5.75 Å². The Kier molecular flexibility index (Phi) is 7.11. The minimum atomic E-state index is -0.0648. The first-order valence-electron chi connectivity index (χ1n) is 10.0. The molecule has 1 N–H and O–H groups in total. The van der Waals surface area contributed by atoms with Crippen molar-refractivity contribution in [2.45, 2.75) is 24.1 Å². The number of amides is 1. The molecule has 1 unspecified atom stereocenters. The van der Waals surface area contributed by atoms with Crippen molar-refractivity contribution >= 4 is 29.3 Å². The highest BCUT2D eigenvalue weighted by Gasteiger charge is 2.20. The molecule has 0 saturated carbocycles. The number of hydrogen-bond acceptors (Lipinski definition) is 6. The molecule has 162 valence electrons. The maximum Gasteiger partial charge on any atom is 0.230 e. The maximum absolute atomic E-state index is 12.4. The second kappa shape index (κ2) is 10.2. The molecule has 1 atom stereocenters. The Morgan fingerprint density at radius 2 is 2.06 bits per heavy atom. The van der Waals surface area contributed by atoms with E-state index in [9.17, 15) is 4.79 Å². The molecule has 2 aromatic carbocycles. The molecule has 1 fully saturated rings. The van der Waals surface area contributed by atoms with Crippen LogP contribution in [0.2, 0.25) is 5.02 Å². The van der Waals surface area contributed by atoms with Crippen molar-refractivity contribution in [2.24, 2.45) is 0 Å². The van der Waals surface area contributed by atoms with Gasteiger partial charge in [0.2, 0.25) is 5.91 Å². The smallest absolute Gasteiger partial charge is 0.230 e. The molecule has 0 aliphatic carbocycles. The standard InChI is InChI=1S/C22H23ClN4O3S/c1-29-19-7-3-2-6-18(19)21-25-26-22(27(21)16-10-8-15(23)9-11-16)31-14-20(28)24-13-17-5-4-12-30-17/h2-3,6-11,17H,4-5,12-14H2,1H3,(H,24,28). The number of benzene rings is 2. The highest BCUT2D eigenvalue weighted by molar-refractivity contribution is 7.99. The summed E-state index contributed by atoms with van der Waals surface area (Å²) in [6.45, 7) is 1.31. The monoisotopic (exact) mass is 458 g/mol. The molecule has 0 bridgehead atoms. The molecule has 2 heterocycles. The lowest BCUT2D eigenvalue weighted by atomic mass is 10.2. The van der Waals surface area contributed by atoms with Gasteiger partial charge in [-0.3, -0.25) is 9.36 Å². The van der Waals surface area contributed by atoms with Crippen LogP contribution in [-0.2, 0) is 9.53 Å². The first-order chi connectivity index (χ1) is 15.2. The summed E-state index contributed by atoms with van der Waals surface area (Å²) in [6.07, 6.45) is 2.15. The van der Waals surface area contributed by atoms with Gasteiger partial charge in [0.25, 0.3) is 0 Å². The molecule has 9 heteroatoms. The van der Waals surface area contributed by atoms with E-state index in [1.807, 2.05) is 53.1 Å². The highest BCUT2D eigenvalue weighted by Crippen LogP contribution is 2.33. The summed E-state index contributed by atoms with van der Waals surface area (Å²) >= 11 is 7.41. The molecule has 31 heavy (non-hydrogen) atoms. The van der Waals surface area contributed by atoms with Crippen molar-refractivity contribution in [1.29, 1.82) is 0 Å². The average Bonchev–Trinajstić information content (AvgIpc) is 3.47. The predicted molar refractivity (Wildman–Crippen MR) is 121 cm³/mol. The zero-order chi connectivity index (χ0) is 21.6. The van der Waals surface area contributed by atoms with Gasteiger partial charge in [-0.05, 0) is 49.2 Å². The van der Waals surface area contributed by atoms with E-state index in [2.05, 4.69) is 15.5 Å². The van der Waals surface area contributed by atoms with Crippen LogP contribution in [0.1, 0.15) is 12.8 Å². The van der Waals surface area contributed by atoms with Crippen LogP contribution in [0, 0.1) is 0 Å². The fraction of sp³-hybridized carbons (Fsp3) is 0.318. The Hall–Kier alpha value is -2.55. The summed E-state index contributed by atoms with van der Waals surface area (Å²) in [5.74, 6) is 1.48. The Morgan fingerprint density at radius 3 is 2.81 bits per heavy atom. The summed E-state index contributed by atoms with van der Waals surface area (Å²) in [7, 11) is 1.62. The van der Waals surface area contributed by atoms with Crippen LogP contribution in [0.15, 0.2) is 53.7 Å². The predicted octanol–water partition coefficient (Wildman–Crippen LogP) is 3.98. The fourth-order valence-electron chi connectivity index (χ4n) is 3.40. The third-order valence-electron chi connectivity index (χ3n) is 4.95. The van der Waals surface area contributed by atoms with E-state index in [1.165, 1.54) is 11.8 Å². The third kappa shape index (κ3) is 5.20. The van der Waals surface area contributed by atoms with Crippen molar-refractivity contribution in [3.63, 3.8) is 0 Å². The third-order valence-corrected chi connectivity index (χ3v) is 6.13. The van der Waals surface area contributed by atoms with Gasteiger partial charge in [0, 0.05) is 23.9 Å². The SMILES string of the molecule is COc1ccccc1-c1nnc(SCC(=O)NCC2CCCO2)n1-c1ccc(Cl)cc1. The zero-order valence-electron chi connectivity index (χ0n) is 17.1. The molecule has 1 aliphatic heterocycles. The second-order valence-corrected chi connectivity index (χ2v) is 8.43. The largest absolute Gasteiger partial charge is 0.496 e. The van der Waals surface area contributed by atoms with Gasteiger partial charge in [0.15, 0.2) is 11.0 Å². The van der Waals surface area contributed by atoms with Crippen LogP contribution in [0.4, 0.5) is 0 Å². The minimum Gasteiger partial charge on any atom is -0.496 e. The van der Waals surface area contributed by atoms with Crippen LogP contribution < -0.4 is 10.1 Å². The first-order valence-corrected chi connectivity index (χ1v) is 11.4. The van der Waals surface area contributed by atoms with E-state index in [-0.39, 0.29) is 17.8 Å². The van der Waals surface area contributed by atoms with Gasteiger partial charge in [0.05, 0.1) is 24.5 Å². The molecular formula is C22H23ClN4O3S. The molecule has 1 saturated heterocycles. The number of carbonyl (C=O) groups excluding carboxylic acids is 1. The van der Waals surface area contributed by atoms with Gasteiger partial charge >= 0.3 is 0 Å². The van der Waals surface area contributed by atoms with Crippen molar-refractivity contribution in [1.82, 2.24) is 20.1 Å². The normalized spacial score (nSPS) is 15.7. The summed E-state index contributed by atoms with van der Waals surface area (Å²) in [5.41, 5.74) is 1.65. The Bertz CT molecular complexity index is 1040. The van der Waals surface area contributed by atoms with Crippen molar-refractivity contribution in [3.05, 3.63) is 53.6 Å². The van der Waals surface area contributed by atoms with Crippen LogP contribution in [-0.4, -0.2) is 52.8 Å². The quantitative estimate of drug-likeness (QED) is 0.514. The molecule has 0 radical (unpaired) electrons. The van der Waals surface area contributed by atoms with E-state index in [1.54, 1.807) is 7.11 Å². The minimum absolute atomic E-state index is 0.0648. The number of ether oxygens (including phenoxy) is 2. The molecule has 7 nitrogen and oxygen atoms in total. The van der Waals surface area contributed by atoms with Gasteiger partial charge in [-0.15, -0.1) is 10.2 Å². The lowest BCUT2D eigenvalue weighted by Gasteiger charge is -2.13. The zero-order valence-corrected chi connectivity index (χ0v) is 18.7. The van der Waals surface area contributed by atoms with Crippen LogP contribution >= 0.6 is 23.4 Å². The van der Waals surface area contributed by atoms with Crippen LogP contribution in [0.5, 0.6) is 5.75 Å². The number of hydrogen-bond donors (Lipinski definition) is 1. The Morgan fingerprint density at radius 1 is 1.26 bits per heavy atom. The average molecular weight is 459 g/mol. The van der Waals surface area contributed by atoms with Gasteiger partial charge in [-0.1, -0.05) is 35.5 Å². The Labute approximate surface area is 190 Å². The number of nitrogens with one attached hydrogen (secondary N) is 1. The first kappa shape index (κ1) is 21.7. The van der Waals surface area contributed by atoms with Crippen molar-refractivity contribution in [2.75, 3.05) is 26.0 Å². The van der Waals surface area contributed by atoms with Crippen LogP contribution in [0.3, 0.4) is 0 Å². The molecule has 1 aliphatic rings. The number of para-hydroxylation sites is 1. The van der Waals surface area contributed by atoms with E-state index in [4.69, 9.17) is 21.1 Å². The fourth-order valence-corrected chi connectivity index (χ4v) is 4.31. The molecule has 4 rings (SSSR count). The van der Waals surface area contributed by atoms with Crippen LogP contribution in [0.25, 0.3) is 17.1 Å². The van der Waals surface area contributed by atoms with Gasteiger partial charge in [-0.2, -0.15) is 0 Å². The topological polar surface area (TPSA) is 78.3 Å². The van der Waals surface area contributed by atoms with Gasteiger partial charge in [-0.25, -0.2) is 0 Å². The number of nitrogens with zero attached hydrogens (tertiary/aromatic N) is 3. The summed E-state index contributed by atoms with van der Waals surface area (Å²) < 4.78 is 13.0. The summed E-state index contributed by atoms with van der Waals surface area (Å²) in [4.78, 5) is 12.4.